The molecular weight excluding hydrogens is 413 g/mol. The Morgan fingerprint density at radius 2 is 2.07 bits per heavy atom. The highest BCUT2D eigenvalue weighted by Gasteiger charge is 2.32. The summed E-state index contributed by atoms with van der Waals surface area (Å²) in [5.74, 6) is 0.980. The number of aryl methyl sites for hydroxylation is 1. The summed E-state index contributed by atoms with van der Waals surface area (Å²) in [5, 5.41) is 4.83. The van der Waals surface area contributed by atoms with Gasteiger partial charge in [0, 0.05) is 35.5 Å². The number of carbonyl (C=O) groups is 1. The predicted molar refractivity (Wildman–Crippen MR) is 124 cm³/mol. The van der Waals surface area contributed by atoms with Crippen molar-refractivity contribution in [2.24, 2.45) is 4.99 Å². The van der Waals surface area contributed by atoms with E-state index in [0.717, 1.165) is 35.1 Å². The molecule has 1 aromatic carbocycles. The maximum atomic E-state index is 12.6. The fourth-order valence-electron chi connectivity index (χ4n) is 3.76. The number of halogens is 2. The van der Waals surface area contributed by atoms with E-state index in [2.05, 4.69) is 17.1 Å². The Balaban J connectivity index is 0.00000280. The fraction of sp³-hybridized carbons (Fsp3) is 0.619. The lowest BCUT2D eigenvalue weighted by Crippen LogP contribution is -2.37. The Morgan fingerprint density at radius 3 is 2.75 bits per heavy atom. The predicted octanol–water partition coefficient (Wildman–Crippen LogP) is 5.91. The van der Waals surface area contributed by atoms with Crippen LogP contribution in [0.5, 0.6) is 0 Å². The molecule has 0 bridgehead atoms. The molecule has 1 saturated carbocycles. The van der Waals surface area contributed by atoms with Crippen molar-refractivity contribution >= 4 is 52.5 Å². The summed E-state index contributed by atoms with van der Waals surface area (Å²) in [6, 6.07) is 6.35. The zero-order valence-electron chi connectivity index (χ0n) is 16.7. The van der Waals surface area contributed by atoms with Crippen LogP contribution >= 0.6 is 35.8 Å². The summed E-state index contributed by atoms with van der Waals surface area (Å²) >= 11 is 7.98. The second-order valence-corrected chi connectivity index (χ2v) is 8.97. The van der Waals surface area contributed by atoms with Gasteiger partial charge in [-0.25, -0.2) is 0 Å². The number of hydrogen-bond donors (Lipinski definition) is 1. The summed E-state index contributed by atoms with van der Waals surface area (Å²) in [7, 11) is 0. The molecule has 4 nitrogen and oxygen atoms in total. The molecule has 156 valence electrons. The first-order valence-electron chi connectivity index (χ1n) is 10.1. The van der Waals surface area contributed by atoms with Crippen molar-refractivity contribution in [2.45, 2.75) is 70.9 Å². The van der Waals surface area contributed by atoms with Crippen molar-refractivity contribution in [1.82, 2.24) is 4.90 Å². The van der Waals surface area contributed by atoms with E-state index in [-0.39, 0.29) is 24.4 Å². The van der Waals surface area contributed by atoms with E-state index < -0.39 is 0 Å². The third kappa shape index (κ3) is 6.30. The topological polar surface area (TPSA) is 44.7 Å². The summed E-state index contributed by atoms with van der Waals surface area (Å²) in [6.07, 6.45) is 7.92. The Labute approximate surface area is 184 Å². The first-order valence-corrected chi connectivity index (χ1v) is 11.5. The molecule has 3 rings (SSSR count). The number of aliphatic imine (C=N–C) groups is 1. The number of carbonyl (C=O) groups excluding carboxylic acids is 1. The van der Waals surface area contributed by atoms with Crippen LogP contribution in [0.25, 0.3) is 0 Å². The second kappa shape index (κ2) is 11.3. The minimum atomic E-state index is 0. The highest BCUT2D eigenvalue weighted by molar-refractivity contribution is 8.14. The number of nitrogens with one attached hydrogen (secondary N) is 1. The van der Waals surface area contributed by atoms with Crippen LogP contribution in [-0.2, 0) is 4.79 Å². The van der Waals surface area contributed by atoms with E-state index >= 15 is 0 Å². The van der Waals surface area contributed by atoms with Gasteiger partial charge in [-0.3, -0.25) is 9.79 Å². The molecule has 0 radical (unpaired) electrons. The van der Waals surface area contributed by atoms with Crippen LogP contribution < -0.4 is 5.32 Å². The van der Waals surface area contributed by atoms with Gasteiger partial charge in [-0.05, 0) is 43.9 Å². The molecule has 1 unspecified atom stereocenters. The van der Waals surface area contributed by atoms with Crippen molar-refractivity contribution < 1.29 is 4.79 Å². The fourth-order valence-corrected chi connectivity index (χ4v) is 5.21. The molecule has 7 heteroatoms. The number of rotatable bonds is 6. The van der Waals surface area contributed by atoms with Crippen LogP contribution in [0.2, 0.25) is 5.02 Å². The third-order valence-electron chi connectivity index (χ3n) is 5.30. The van der Waals surface area contributed by atoms with Gasteiger partial charge in [-0.2, -0.15) is 0 Å². The number of amides is 1. The molecule has 2 aliphatic rings. The minimum absolute atomic E-state index is 0. The van der Waals surface area contributed by atoms with E-state index in [1.165, 1.54) is 32.1 Å². The van der Waals surface area contributed by atoms with Gasteiger partial charge >= 0.3 is 0 Å². The van der Waals surface area contributed by atoms with Crippen molar-refractivity contribution in [3.05, 3.63) is 28.8 Å². The largest absolute Gasteiger partial charge is 0.347 e. The van der Waals surface area contributed by atoms with E-state index in [4.69, 9.17) is 16.6 Å². The van der Waals surface area contributed by atoms with Crippen LogP contribution in [0.3, 0.4) is 0 Å². The molecule has 1 amide bonds. The quantitative estimate of drug-likeness (QED) is 0.593. The van der Waals surface area contributed by atoms with Crippen molar-refractivity contribution in [1.29, 1.82) is 0 Å². The molecule has 1 aliphatic carbocycles. The zero-order chi connectivity index (χ0) is 19.2. The molecule has 2 fully saturated rings. The summed E-state index contributed by atoms with van der Waals surface area (Å²) in [5.41, 5.74) is 1.78. The first kappa shape index (κ1) is 23.4. The number of anilines is 1. The van der Waals surface area contributed by atoms with Gasteiger partial charge in [-0.15, -0.1) is 12.4 Å². The van der Waals surface area contributed by atoms with Crippen molar-refractivity contribution in [2.75, 3.05) is 17.6 Å². The van der Waals surface area contributed by atoms with Crippen LogP contribution in [-0.4, -0.2) is 40.4 Å². The number of benzene rings is 1. The van der Waals surface area contributed by atoms with Gasteiger partial charge in [0.05, 0.1) is 6.04 Å². The van der Waals surface area contributed by atoms with Gasteiger partial charge in [-0.1, -0.05) is 55.6 Å². The molecule has 1 N–H and O–H groups in total. The molecule has 28 heavy (non-hydrogen) atoms. The summed E-state index contributed by atoms with van der Waals surface area (Å²) < 4.78 is 0. The standard InChI is InChI=1S/C21H30ClN3OS.ClH/c1-3-11-25-18(14-27-21(25)24-16-7-5-4-6-8-16)13-20(26)23-17-10-9-15(2)19(22)12-17;/h9-10,12,16,18H,3-8,11,13-14H2,1-2H3,(H,23,26);1H. The second-order valence-electron chi connectivity index (χ2n) is 7.58. The maximum Gasteiger partial charge on any atom is 0.226 e. The average molecular weight is 444 g/mol. The normalized spacial score (nSPS) is 21.6. The Morgan fingerprint density at radius 1 is 1.32 bits per heavy atom. The molecule has 1 atom stereocenters. The highest BCUT2D eigenvalue weighted by atomic mass is 35.5. The molecule has 1 heterocycles. The van der Waals surface area contributed by atoms with Crippen LogP contribution in [0, 0.1) is 6.92 Å². The molecule has 1 saturated heterocycles. The van der Waals surface area contributed by atoms with Gasteiger partial charge < -0.3 is 10.2 Å². The van der Waals surface area contributed by atoms with Crippen LogP contribution in [0.1, 0.15) is 57.4 Å². The lowest BCUT2D eigenvalue weighted by atomic mass is 9.96. The number of nitrogens with zero attached hydrogens (tertiary/aromatic N) is 2. The lowest BCUT2D eigenvalue weighted by molar-refractivity contribution is -0.116. The van der Waals surface area contributed by atoms with Gasteiger partial charge in [0.25, 0.3) is 0 Å². The average Bonchev–Trinajstić information content (AvgIpc) is 3.01. The Bertz CT molecular complexity index is 692. The lowest BCUT2D eigenvalue weighted by Gasteiger charge is -2.27. The van der Waals surface area contributed by atoms with E-state index in [9.17, 15) is 4.79 Å². The Hall–Kier alpha value is -0.910. The van der Waals surface area contributed by atoms with Crippen LogP contribution in [0.15, 0.2) is 23.2 Å². The monoisotopic (exact) mass is 443 g/mol. The molecular formula is C21H31Cl2N3OS. The Kier molecular flexibility index (Phi) is 9.45. The minimum Gasteiger partial charge on any atom is -0.347 e. The molecule has 1 aromatic rings. The van der Waals surface area contributed by atoms with Gasteiger partial charge in [0.15, 0.2) is 5.17 Å². The highest BCUT2D eigenvalue weighted by Crippen LogP contribution is 2.30. The van der Waals surface area contributed by atoms with Gasteiger partial charge in [0.1, 0.15) is 0 Å². The maximum absolute atomic E-state index is 12.6. The number of hydrogen-bond acceptors (Lipinski definition) is 3. The van der Waals surface area contributed by atoms with E-state index in [1.54, 1.807) is 0 Å². The van der Waals surface area contributed by atoms with Crippen molar-refractivity contribution in [3.63, 3.8) is 0 Å². The van der Waals surface area contributed by atoms with E-state index in [0.29, 0.717) is 17.5 Å². The van der Waals surface area contributed by atoms with Crippen LogP contribution in [0.4, 0.5) is 5.69 Å². The zero-order valence-corrected chi connectivity index (χ0v) is 19.1. The third-order valence-corrected chi connectivity index (χ3v) is 6.86. The number of thioether (sulfide) groups is 1. The van der Waals surface area contributed by atoms with Gasteiger partial charge in [0.2, 0.25) is 5.91 Å². The summed E-state index contributed by atoms with van der Waals surface area (Å²) in [6.45, 7) is 5.11. The SMILES string of the molecule is CCCN1C(=NC2CCCCC2)SCC1CC(=O)Nc1ccc(C)c(Cl)c1.Cl. The molecule has 0 aromatic heterocycles. The molecule has 0 spiro atoms. The smallest absolute Gasteiger partial charge is 0.226 e. The first-order chi connectivity index (χ1) is 13.1. The number of amidine groups is 1. The summed E-state index contributed by atoms with van der Waals surface area (Å²) in [4.78, 5) is 20.0. The molecule has 1 aliphatic heterocycles. The van der Waals surface area contributed by atoms with E-state index in [1.807, 2.05) is 36.9 Å². The van der Waals surface area contributed by atoms with Crippen molar-refractivity contribution in [3.8, 4) is 0 Å².